The molecule has 0 unspecified atom stereocenters. The van der Waals surface area contributed by atoms with Gasteiger partial charge < -0.3 is 10.1 Å². The van der Waals surface area contributed by atoms with Gasteiger partial charge in [0.2, 0.25) is 0 Å². The Kier molecular flexibility index (Phi) is 5.49. The van der Waals surface area contributed by atoms with Gasteiger partial charge in [0.25, 0.3) is 11.6 Å². The van der Waals surface area contributed by atoms with E-state index in [1.165, 1.54) is 24.3 Å². The Hall–Kier alpha value is -2.93. The summed E-state index contributed by atoms with van der Waals surface area (Å²) in [5.41, 5.74) is 0.697. The number of nitro groups is 1. The summed E-state index contributed by atoms with van der Waals surface area (Å²) in [6.07, 6.45) is 0. The topological polar surface area (TPSA) is 98.5 Å². The Morgan fingerprint density at radius 2 is 2.00 bits per heavy atom. The van der Waals surface area contributed by atoms with E-state index in [1.54, 1.807) is 25.1 Å². The van der Waals surface area contributed by atoms with Crippen LogP contribution in [0.25, 0.3) is 0 Å². The fourth-order valence-electron chi connectivity index (χ4n) is 1.91. The van der Waals surface area contributed by atoms with E-state index in [2.05, 4.69) is 5.32 Å². The number of anilines is 1. The van der Waals surface area contributed by atoms with Gasteiger partial charge in [0.15, 0.2) is 6.61 Å². The van der Waals surface area contributed by atoms with Crippen molar-refractivity contribution in [2.45, 2.75) is 6.92 Å². The maximum absolute atomic E-state index is 11.8. The Bertz CT molecular complexity index is 807. The van der Waals surface area contributed by atoms with Gasteiger partial charge in [-0.25, -0.2) is 4.79 Å². The molecule has 0 bridgehead atoms. The van der Waals surface area contributed by atoms with Gasteiger partial charge >= 0.3 is 5.97 Å². The molecule has 0 spiro atoms. The fourth-order valence-corrected chi connectivity index (χ4v) is 2.10. The van der Waals surface area contributed by atoms with Crippen LogP contribution in [0, 0.1) is 17.0 Å². The van der Waals surface area contributed by atoms with Gasteiger partial charge in [-0.15, -0.1) is 0 Å². The molecule has 2 aromatic carbocycles. The third kappa shape index (κ3) is 4.53. The monoisotopic (exact) mass is 348 g/mol. The van der Waals surface area contributed by atoms with Crippen molar-refractivity contribution in [2.75, 3.05) is 11.9 Å². The lowest BCUT2D eigenvalue weighted by Crippen LogP contribution is -2.21. The molecule has 0 heterocycles. The highest BCUT2D eigenvalue weighted by Gasteiger charge is 2.17. The van der Waals surface area contributed by atoms with E-state index < -0.39 is 23.4 Å². The molecule has 8 heteroatoms. The van der Waals surface area contributed by atoms with Crippen LogP contribution in [-0.4, -0.2) is 23.4 Å². The lowest BCUT2D eigenvalue weighted by molar-refractivity contribution is -0.384. The summed E-state index contributed by atoms with van der Waals surface area (Å²) in [6.45, 7) is 1.13. The molecule has 0 aliphatic carbocycles. The van der Waals surface area contributed by atoms with Gasteiger partial charge in [-0.2, -0.15) is 0 Å². The molecule has 0 saturated carbocycles. The molecule has 2 rings (SSSR count). The van der Waals surface area contributed by atoms with Crippen LogP contribution in [0.15, 0.2) is 42.5 Å². The Morgan fingerprint density at radius 3 is 2.67 bits per heavy atom. The molecule has 0 saturated heterocycles. The quantitative estimate of drug-likeness (QED) is 0.507. The van der Waals surface area contributed by atoms with Gasteiger partial charge in [0, 0.05) is 11.1 Å². The van der Waals surface area contributed by atoms with Crippen LogP contribution in [0.5, 0.6) is 0 Å². The number of nitro benzene ring substituents is 1. The third-order valence-corrected chi connectivity index (χ3v) is 3.25. The van der Waals surface area contributed by atoms with Crippen molar-refractivity contribution in [1.82, 2.24) is 0 Å². The predicted octanol–water partition coefficient (Wildman–Crippen LogP) is 3.35. The number of halogens is 1. The van der Waals surface area contributed by atoms with Gasteiger partial charge in [-0.1, -0.05) is 23.7 Å². The second kappa shape index (κ2) is 7.56. The van der Waals surface area contributed by atoms with Crippen LogP contribution >= 0.6 is 11.6 Å². The molecular formula is C16H13ClN2O5. The van der Waals surface area contributed by atoms with Gasteiger partial charge in [-0.05, 0) is 36.8 Å². The van der Waals surface area contributed by atoms with Crippen molar-refractivity contribution in [1.29, 1.82) is 0 Å². The standard InChI is InChI=1S/C16H13ClN2O5/c1-10-5-6-13(14(7-10)19(22)23)18-15(20)9-24-16(21)11-3-2-4-12(17)8-11/h2-8H,9H2,1H3,(H,18,20). The molecule has 2 aromatic rings. The van der Waals surface area contributed by atoms with E-state index in [1.807, 2.05) is 0 Å². The van der Waals surface area contributed by atoms with Crippen molar-refractivity contribution in [3.8, 4) is 0 Å². The van der Waals surface area contributed by atoms with E-state index in [4.69, 9.17) is 16.3 Å². The average Bonchev–Trinajstić information content (AvgIpc) is 2.54. The summed E-state index contributed by atoms with van der Waals surface area (Å²) >= 11 is 5.77. The number of nitrogens with one attached hydrogen (secondary N) is 1. The van der Waals surface area contributed by atoms with E-state index in [0.717, 1.165) is 0 Å². The first-order valence-corrected chi connectivity index (χ1v) is 7.22. The SMILES string of the molecule is Cc1ccc(NC(=O)COC(=O)c2cccc(Cl)c2)c([N+](=O)[O-])c1. The number of esters is 1. The van der Waals surface area contributed by atoms with Crippen molar-refractivity contribution in [3.05, 3.63) is 68.7 Å². The molecule has 1 amide bonds. The number of hydrogen-bond donors (Lipinski definition) is 1. The molecular weight excluding hydrogens is 336 g/mol. The number of aryl methyl sites for hydroxylation is 1. The molecule has 0 radical (unpaired) electrons. The maximum atomic E-state index is 11.8. The number of nitrogens with zero attached hydrogens (tertiary/aromatic N) is 1. The number of benzene rings is 2. The number of carbonyl (C=O) groups excluding carboxylic acids is 2. The van der Waals surface area contributed by atoms with Crippen molar-refractivity contribution >= 4 is 34.9 Å². The third-order valence-electron chi connectivity index (χ3n) is 3.02. The van der Waals surface area contributed by atoms with Gasteiger partial charge in [0.05, 0.1) is 10.5 Å². The van der Waals surface area contributed by atoms with E-state index in [0.29, 0.717) is 10.6 Å². The zero-order valence-corrected chi connectivity index (χ0v) is 13.4. The summed E-state index contributed by atoms with van der Waals surface area (Å²) in [5.74, 6) is -1.40. The Morgan fingerprint density at radius 1 is 1.25 bits per heavy atom. The molecule has 0 aromatic heterocycles. The van der Waals surface area contributed by atoms with Crippen LogP contribution in [0.3, 0.4) is 0 Å². The van der Waals surface area contributed by atoms with Crippen LogP contribution in [0.4, 0.5) is 11.4 Å². The lowest BCUT2D eigenvalue weighted by Gasteiger charge is -2.08. The molecule has 0 atom stereocenters. The summed E-state index contributed by atoms with van der Waals surface area (Å²) in [4.78, 5) is 34.0. The number of rotatable bonds is 5. The highest BCUT2D eigenvalue weighted by atomic mass is 35.5. The summed E-state index contributed by atoms with van der Waals surface area (Å²) in [5, 5.41) is 13.7. The molecule has 7 nitrogen and oxygen atoms in total. The number of amides is 1. The Labute approximate surface area is 142 Å². The molecule has 124 valence electrons. The van der Waals surface area contributed by atoms with Crippen LogP contribution in [0.2, 0.25) is 5.02 Å². The average molecular weight is 349 g/mol. The van der Waals surface area contributed by atoms with E-state index in [9.17, 15) is 19.7 Å². The molecule has 0 fully saturated rings. The van der Waals surface area contributed by atoms with E-state index >= 15 is 0 Å². The summed E-state index contributed by atoms with van der Waals surface area (Å²) < 4.78 is 4.86. The van der Waals surface area contributed by atoms with Crippen molar-refractivity contribution < 1.29 is 19.2 Å². The number of hydrogen-bond acceptors (Lipinski definition) is 5. The molecule has 24 heavy (non-hydrogen) atoms. The maximum Gasteiger partial charge on any atom is 0.338 e. The highest BCUT2D eigenvalue weighted by molar-refractivity contribution is 6.30. The summed E-state index contributed by atoms with van der Waals surface area (Å²) in [6, 6.07) is 10.5. The first kappa shape index (κ1) is 17.4. The van der Waals surface area contributed by atoms with Crippen molar-refractivity contribution in [2.24, 2.45) is 0 Å². The first-order valence-electron chi connectivity index (χ1n) is 6.84. The molecule has 0 aliphatic rings. The molecule has 0 aliphatic heterocycles. The van der Waals surface area contributed by atoms with Crippen LogP contribution in [0.1, 0.15) is 15.9 Å². The van der Waals surface area contributed by atoms with Crippen molar-refractivity contribution in [3.63, 3.8) is 0 Å². The minimum Gasteiger partial charge on any atom is -0.452 e. The molecule has 1 N–H and O–H groups in total. The Balaban J connectivity index is 1.99. The smallest absolute Gasteiger partial charge is 0.338 e. The number of ether oxygens (including phenoxy) is 1. The van der Waals surface area contributed by atoms with Gasteiger partial charge in [0.1, 0.15) is 5.69 Å². The van der Waals surface area contributed by atoms with Gasteiger partial charge in [-0.3, -0.25) is 14.9 Å². The van der Waals surface area contributed by atoms with E-state index in [-0.39, 0.29) is 16.9 Å². The largest absolute Gasteiger partial charge is 0.452 e. The fraction of sp³-hybridized carbons (Fsp3) is 0.125. The second-order valence-corrected chi connectivity index (χ2v) is 5.35. The zero-order chi connectivity index (χ0) is 17.7. The highest BCUT2D eigenvalue weighted by Crippen LogP contribution is 2.25. The second-order valence-electron chi connectivity index (χ2n) is 4.91. The van der Waals surface area contributed by atoms with Crippen LogP contribution < -0.4 is 5.32 Å². The van der Waals surface area contributed by atoms with Crippen LogP contribution in [-0.2, 0) is 9.53 Å². The lowest BCUT2D eigenvalue weighted by atomic mass is 10.2. The number of carbonyl (C=O) groups is 2. The summed E-state index contributed by atoms with van der Waals surface area (Å²) in [7, 11) is 0. The minimum absolute atomic E-state index is 0.0365. The predicted molar refractivity (Wildman–Crippen MR) is 88.2 cm³/mol. The minimum atomic E-state index is -0.717. The zero-order valence-electron chi connectivity index (χ0n) is 12.6. The first-order chi connectivity index (χ1) is 11.4. The normalized spacial score (nSPS) is 10.1.